The largest absolute Gasteiger partial charge is 0.350 e. The van der Waals surface area contributed by atoms with E-state index in [1.165, 1.54) is 6.07 Å². The second-order valence-corrected chi connectivity index (χ2v) is 6.99. The van der Waals surface area contributed by atoms with E-state index in [2.05, 4.69) is 25.7 Å². The van der Waals surface area contributed by atoms with E-state index in [-0.39, 0.29) is 21.5 Å². The lowest BCUT2D eigenvalue weighted by atomic mass is 10.1. The monoisotopic (exact) mass is 409 g/mol. The van der Waals surface area contributed by atoms with Gasteiger partial charge in [-0.05, 0) is 24.3 Å². The zero-order valence-corrected chi connectivity index (χ0v) is 15.2. The lowest BCUT2D eigenvalue weighted by Gasteiger charge is -1.99. The first-order valence-corrected chi connectivity index (χ1v) is 9.16. The smallest absolute Gasteiger partial charge is 0.296 e. The van der Waals surface area contributed by atoms with E-state index < -0.39 is 17.5 Å². The Morgan fingerprint density at radius 1 is 1.00 bits per heavy atom. The van der Waals surface area contributed by atoms with Crippen LogP contribution in [-0.4, -0.2) is 26.2 Å². The molecular formula is C19H9F2N5O2S. The summed E-state index contributed by atoms with van der Waals surface area (Å²) in [6.07, 6.45) is 1.63. The van der Waals surface area contributed by atoms with Crippen molar-refractivity contribution in [3.05, 3.63) is 66.1 Å². The number of hydrogen-bond acceptors (Lipinski definition) is 7. The maximum absolute atomic E-state index is 13.9. The van der Waals surface area contributed by atoms with Crippen molar-refractivity contribution < 1.29 is 18.1 Å². The number of benzene rings is 2. The molecular weight excluding hydrogens is 400 g/mol. The molecule has 0 fully saturated rings. The van der Waals surface area contributed by atoms with Gasteiger partial charge in [-0.2, -0.15) is 0 Å². The van der Waals surface area contributed by atoms with Crippen molar-refractivity contribution in [3.63, 3.8) is 0 Å². The van der Waals surface area contributed by atoms with E-state index in [4.69, 9.17) is 4.52 Å². The standard InChI is InChI=1S/C19H9F2N5O2S/c20-11-4-1-5-12(21)13(11)18-24-25-19(29-18)23-17(27)16-10-7-6-9-3-2-8-22-14(9)15(10)26-28-16/h1-8H,(H,23,25,27). The summed E-state index contributed by atoms with van der Waals surface area (Å²) in [7, 11) is 0. The van der Waals surface area contributed by atoms with Crippen molar-refractivity contribution >= 4 is 44.2 Å². The fourth-order valence-corrected chi connectivity index (χ4v) is 3.73. The summed E-state index contributed by atoms with van der Waals surface area (Å²) < 4.78 is 33.1. The number of carbonyl (C=O) groups excluding carboxylic acids is 1. The van der Waals surface area contributed by atoms with Crippen LogP contribution in [0.4, 0.5) is 13.9 Å². The fraction of sp³-hybridized carbons (Fsp3) is 0. The van der Waals surface area contributed by atoms with Crippen LogP contribution in [0.25, 0.3) is 32.4 Å². The van der Waals surface area contributed by atoms with Crippen molar-refractivity contribution in [2.24, 2.45) is 0 Å². The Hall–Kier alpha value is -3.79. The lowest BCUT2D eigenvalue weighted by Crippen LogP contribution is -2.11. The quantitative estimate of drug-likeness (QED) is 0.474. The average molecular weight is 409 g/mol. The summed E-state index contributed by atoms with van der Waals surface area (Å²) in [4.78, 5) is 16.9. The molecule has 1 amide bonds. The Morgan fingerprint density at radius 2 is 1.83 bits per heavy atom. The molecule has 0 aliphatic heterocycles. The molecule has 2 aromatic carbocycles. The Kier molecular flexibility index (Phi) is 3.98. The molecule has 3 aromatic heterocycles. The Bertz CT molecular complexity index is 1380. The highest BCUT2D eigenvalue weighted by molar-refractivity contribution is 7.18. The maximum atomic E-state index is 13.9. The van der Waals surface area contributed by atoms with Gasteiger partial charge in [0.1, 0.15) is 17.2 Å². The zero-order valence-electron chi connectivity index (χ0n) is 14.4. The van der Waals surface area contributed by atoms with Crippen molar-refractivity contribution in [1.82, 2.24) is 20.3 Å². The third-order valence-corrected chi connectivity index (χ3v) is 5.11. The van der Waals surface area contributed by atoms with E-state index in [0.29, 0.717) is 16.4 Å². The summed E-state index contributed by atoms with van der Waals surface area (Å²) >= 11 is 0.839. The van der Waals surface area contributed by atoms with Gasteiger partial charge in [0.15, 0.2) is 5.01 Å². The van der Waals surface area contributed by atoms with Crippen LogP contribution in [0.5, 0.6) is 0 Å². The highest BCUT2D eigenvalue weighted by atomic mass is 32.1. The minimum absolute atomic E-state index is 0.00789. The normalized spacial score (nSPS) is 11.2. The van der Waals surface area contributed by atoms with Crippen LogP contribution in [-0.2, 0) is 0 Å². The van der Waals surface area contributed by atoms with E-state index in [0.717, 1.165) is 28.9 Å². The van der Waals surface area contributed by atoms with Gasteiger partial charge in [-0.1, -0.05) is 34.7 Å². The van der Waals surface area contributed by atoms with Gasteiger partial charge in [0.05, 0.1) is 16.5 Å². The SMILES string of the molecule is O=C(Nc1nnc(-c2c(F)cccc2F)s1)c1onc2c1ccc1cccnc12. The van der Waals surface area contributed by atoms with Gasteiger partial charge in [0, 0.05) is 11.6 Å². The predicted molar refractivity (Wildman–Crippen MR) is 103 cm³/mol. The van der Waals surface area contributed by atoms with E-state index in [1.807, 2.05) is 12.1 Å². The molecule has 0 saturated heterocycles. The Morgan fingerprint density at radius 3 is 2.66 bits per heavy atom. The van der Waals surface area contributed by atoms with Crippen LogP contribution < -0.4 is 5.32 Å². The first kappa shape index (κ1) is 17.3. The van der Waals surface area contributed by atoms with Gasteiger partial charge < -0.3 is 4.52 Å². The molecule has 3 heterocycles. The van der Waals surface area contributed by atoms with Crippen LogP contribution >= 0.6 is 11.3 Å². The summed E-state index contributed by atoms with van der Waals surface area (Å²) in [5.41, 5.74) is 0.772. The number of aromatic nitrogens is 4. The average Bonchev–Trinajstić information content (AvgIpc) is 3.35. The van der Waals surface area contributed by atoms with Crippen LogP contribution in [0.15, 0.2) is 53.2 Å². The molecule has 0 aliphatic rings. The number of anilines is 1. The topological polar surface area (TPSA) is 93.8 Å². The van der Waals surface area contributed by atoms with Crippen LogP contribution in [0.2, 0.25) is 0 Å². The highest BCUT2D eigenvalue weighted by Crippen LogP contribution is 2.31. The van der Waals surface area contributed by atoms with Crippen LogP contribution in [0.3, 0.4) is 0 Å². The zero-order chi connectivity index (χ0) is 20.0. The molecule has 7 nitrogen and oxygen atoms in total. The number of carbonyl (C=O) groups is 1. The van der Waals surface area contributed by atoms with Crippen molar-refractivity contribution in [1.29, 1.82) is 0 Å². The first-order valence-electron chi connectivity index (χ1n) is 8.34. The molecule has 10 heteroatoms. The van der Waals surface area contributed by atoms with Crippen molar-refractivity contribution in [2.45, 2.75) is 0 Å². The Labute approximate surface area is 165 Å². The minimum atomic E-state index is -0.764. The number of nitrogens with one attached hydrogen (secondary N) is 1. The van der Waals surface area contributed by atoms with E-state index >= 15 is 0 Å². The molecule has 29 heavy (non-hydrogen) atoms. The van der Waals surface area contributed by atoms with Crippen LogP contribution in [0, 0.1) is 11.6 Å². The number of hydrogen-bond donors (Lipinski definition) is 1. The van der Waals surface area contributed by atoms with Gasteiger partial charge in [-0.3, -0.25) is 15.1 Å². The number of fused-ring (bicyclic) bond motifs is 3. The number of rotatable bonds is 3. The van der Waals surface area contributed by atoms with E-state index in [1.54, 1.807) is 18.3 Å². The third-order valence-electron chi connectivity index (χ3n) is 4.25. The lowest BCUT2D eigenvalue weighted by molar-refractivity contribution is 0.0990. The highest BCUT2D eigenvalue weighted by Gasteiger charge is 2.21. The molecule has 5 rings (SSSR count). The maximum Gasteiger partial charge on any atom is 0.296 e. The minimum Gasteiger partial charge on any atom is -0.350 e. The van der Waals surface area contributed by atoms with Gasteiger partial charge in [-0.15, -0.1) is 10.2 Å². The number of halogens is 2. The molecule has 0 bridgehead atoms. The molecule has 0 saturated carbocycles. The molecule has 5 aromatic rings. The summed E-state index contributed by atoms with van der Waals surface area (Å²) in [6, 6.07) is 10.7. The van der Waals surface area contributed by atoms with Crippen LogP contribution in [0.1, 0.15) is 10.6 Å². The van der Waals surface area contributed by atoms with Gasteiger partial charge in [-0.25, -0.2) is 8.78 Å². The second kappa shape index (κ2) is 6.67. The number of pyridine rings is 1. The fourth-order valence-electron chi connectivity index (χ4n) is 2.94. The molecule has 0 atom stereocenters. The molecule has 0 spiro atoms. The van der Waals surface area contributed by atoms with Gasteiger partial charge in [0.25, 0.3) is 5.91 Å². The van der Waals surface area contributed by atoms with Crippen molar-refractivity contribution in [3.8, 4) is 10.6 Å². The second-order valence-electron chi connectivity index (χ2n) is 6.01. The molecule has 0 aliphatic carbocycles. The summed E-state index contributed by atoms with van der Waals surface area (Å²) in [5, 5.41) is 15.4. The first-order chi connectivity index (χ1) is 14.1. The number of nitrogens with zero attached hydrogens (tertiary/aromatic N) is 4. The molecule has 0 radical (unpaired) electrons. The van der Waals surface area contributed by atoms with Crippen molar-refractivity contribution in [2.75, 3.05) is 5.32 Å². The molecule has 1 N–H and O–H groups in total. The van der Waals surface area contributed by atoms with Gasteiger partial charge >= 0.3 is 0 Å². The third kappa shape index (κ3) is 2.90. The summed E-state index contributed by atoms with van der Waals surface area (Å²) in [5.74, 6) is -2.17. The number of amides is 1. The molecule has 0 unspecified atom stereocenters. The summed E-state index contributed by atoms with van der Waals surface area (Å²) in [6.45, 7) is 0. The van der Waals surface area contributed by atoms with Gasteiger partial charge in [0.2, 0.25) is 10.9 Å². The predicted octanol–water partition coefficient (Wildman–Crippen LogP) is 4.43. The Balaban J connectivity index is 1.47. The molecule has 142 valence electrons. The van der Waals surface area contributed by atoms with E-state index in [9.17, 15) is 13.6 Å².